The van der Waals surface area contributed by atoms with Gasteiger partial charge in [0, 0.05) is 6.42 Å². The molecule has 1 atom stereocenters. The van der Waals surface area contributed by atoms with Crippen LogP contribution < -0.4 is 5.32 Å². The predicted molar refractivity (Wildman–Crippen MR) is 67.2 cm³/mol. The average molecular weight is 233 g/mol. The molecule has 1 heterocycles. The van der Waals surface area contributed by atoms with E-state index >= 15 is 0 Å². The Morgan fingerprint density at radius 2 is 2.24 bits per heavy atom. The molecule has 1 aliphatic heterocycles. The summed E-state index contributed by atoms with van der Waals surface area (Å²) in [6.07, 6.45) is 2.24. The zero-order chi connectivity index (χ0) is 12.5. The summed E-state index contributed by atoms with van der Waals surface area (Å²) in [5.74, 6) is -0.726. The van der Waals surface area contributed by atoms with Gasteiger partial charge in [-0.15, -0.1) is 0 Å². The van der Waals surface area contributed by atoms with Gasteiger partial charge in [-0.05, 0) is 44.4 Å². The molecular weight excluding hydrogens is 214 g/mol. The first-order valence-corrected chi connectivity index (χ1v) is 6.08. The maximum absolute atomic E-state index is 11.5. The third-order valence-corrected chi connectivity index (χ3v) is 3.65. The van der Waals surface area contributed by atoms with Crippen LogP contribution in [0, 0.1) is 13.8 Å². The highest BCUT2D eigenvalue weighted by molar-refractivity contribution is 5.79. The van der Waals surface area contributed by atoms with E-state index in [1.165, 1.54) is 11.1 Å². The van der Waals surface area contributed by atoms with Crippen molar-refractivity contribution in [1.82, 2.24) is 5.32 Å². The lowest BCUT2D eigenvalue weighted by atomic mass is 9.87. The monoisotopic (exact) mass is 233 g/mol. The number of carbonyl (C=O) groups is 1. The summed E-state index contributed by atoms with van der Waals surface area (Å²) in [5.41, 5.74) is 2.74. The average Bonchev–Trinajstić information content (AvgIpc) is 2.73. The zero-order valence-electron chi connectivity index (χ0n) is 10.4. The van der Waals surface area contributed by atoms with Crippen LogP contribution in [0.5, 0.6) is 0 Å². The molecule has 3 nitrogen and oxygen atoms in total. The number of benzene rings is 1. The summed E-state index contributed by atoms with van der Waals surface area (Å²) in [4.78, 5) is 11.5. The van der Waals surface area contributed by atoms with E-state index in [1.54, 1.807) is 0 Å². The smallest absolute Gasteiger partial charge is 0.324 e. The molecule has 3 heteroatoms. The van der Waals surface area contributed by atoms with Gasteiger partial charge in [0.25, 0.3) is 0 Å². The number of aryl methyl sites for hydroxylation is 2. The molecule has 1 saturated heterocycles. The Morgan fingerprint density at radius 1 is 1.47 bits per heavy atom. The zero-order valence-corrected chi connectivity index (χ0v) is 10.4. The van der Waals surface area contributed by atoms with E-state index in [9.17, 15) is 9.90 Å². The Hall–Kier alpha value is -1.35. The predicted octanol–water partition coefficient (Wildman–Crippen LogP) is 2.05. The third-order valence-electron chi connectivity index (χ3n) is 3.65. The van der Waals surface area contributed by atoms with E-state index in [0.717, 1.165) is 24.9 Å². The number of carboxylic acid groups (broad SMARTS) is 1. The fourth-order valence-electron chi connectivity index (χ4n) is 2.53. The molecular formula is C14H19NO2. The minimum absolute atomic E-state index is 0.579. The van der Waals surface area contributed by atoms with E-state index in [-0.39, 0.29) is 0 Å². The van der Waals surface area contributed by atoms with Crippen LogP contribution in [0.2, 0.25) is 0 Å². The van der Waals surface area contributed by atoms with Gasteiger partial charge in [0.05, 0.1) is 0 Å². The molecule has 92 valence electrons. The molecule has 0 aliphatic carbocycles. The number of aliphatic carboxylic acids is 1. The van der Waals surface area contributed by atoms with Crippen LogP contribution in [0.4, 0.5) is 0 Å². The Morgan fingerprint density at radius 3 is 2.82 bits per heavy atom. The van der Waals surface area contributed by atoms with Crippen LogP contribution in [0.15, 0.2) is 18.2 Å². The van der Waals surface area contributed by atoms with E-state index in [1.807, 2.05) is 13.8 Å². The van der Waals surface area contributed by atoms with E-state index in [4.69, 9.17) is 0 Å². The fourth-order valence-corrected chi connectivity index (χ4v) is 2.53. The first-order valence-electron chi connectivity index (χ1n) is 6.08. The topological polar surface area (TPSA) is 49.3 Å². The van der Waals surface area contributed by atoms with E-state index in [0.29, 0.717) is 6.42 Å². The van der Waals surface area contributed by atoms with Crippen molar-refractivity contribution in [3.63, 3.8) is 0 Å². The Balaban J connectivity index is 2.29. The van der Waals surface area contributed by atoms with Crippen LogP contribution in [0.3, 0.4) is 0 Å². The summed E-state index contributed by atoms with van der Waals surface area (Å²) in [5, 5.41) is 12.6. The van der Waals surface area contributed by atoms with Crippen molar-refractivity contribution in [2.45, 2.75) is 38.6 Å². The number of nitrogens with one attached hydrogen (secondary N) is 1. The highest BCUT2D eigenvalue weighted by atomic mass is 16.4. The molecule has 0 amide bonds. The number of carboxylic acids is 1. The van der Waals surface area contributed by atoms with Gasteiger partial charge < -0.3 is 10.4 Å². The van der Waals surface area contributed by atoms with Crippen LogP contribution in [-0.4, -0.2) is 23.2 Å². The molecule has 2 N–H and O–H groups in total. The summed E-state index contributed by atoms with van der Waals surface area (Å²) in [6, 6.07) is 6.23. The molecule has 17 heavy (non-hydrogen) atoms. The standard InChI is InChI=1S/C14H19NO2/c1-10-4-5-11(2)12(8-10)9-14(13(16)17)6-3-7-15-14/h4-5,8,15H,3,6-7,9H2,1-2H3,(H,16,17). The quantitative estimate of drug-likeness (QED) is 0.840. The third kappa shape index (κ3) is 2.34. The van der Waals surface area contributed by atoms with Crippen molar-refractivity contribution in [1.29, 1.82) is 0 Å². The van der Waals surface area contributed by atoms with Crippen molar-refractivity contribution < 1.29 is 9.90 Å². The Labute approximate surface area is 102 Å². The molecule has 1 fully saturated rings. The van der Waals surface area contributed by atoms with Crippen molar-refractivity contribution >= 4 is 5.97 Å². The molecule has 1 unspecified atom stereocenters. The molecule has 1 aromatic rings. The molecule has 0 aromatic heterocycles. The molecule has 0 bridgehead atoms. The van der Waals surface area contributed by atoms with Gasteiger partial charge in [-0.1, -0.05) is 23.8 Å². The van der Waals surface area contributed by atoms with Crippen molar-refractivity contribution in [2.75, 3.05) is 6.54 Å². The SMILES string of the molecule is Cc1ccc(C)c(CC2(C(=O)O)CCCN2)c1. The van der Waals surface area contributed by atoms with Gasteiger partial charge in [0.1, 0.15) is 5.54 Å². The molecule has 0 radical (unpaired) electrons. The van der Waals surface area contributed by atoms with Crippen molar-refractivity contribution in [2.24, 2.45) is 0 Å². The van der Waals surface area contributed by atoms with Gasteiger partial charge in [0.2, 0.25) is 0 Å². The highest BCUT2D eigenvalue weighted by Gasteiger charge is 2.41. The van der Waals surface area contributed by atoms with Crippen LogP contribution in [0.1, 0.15) is 29.5 Å². The summed E-state index contributed by atoms with van der Waals surface area (Å²) < 4.78 is 0. The van der Waals surface area contributed by atoms with Crippen LogP contribution >= 0.6 is 0 Å². The number of hydrogen-bond donors (Lipinski definition) is 2. The van der Waals surface area contributed by atoms with Crippen molar-refractivity contribution in [3.05, 3.63) is 34.9 Å². The van der Waals surface area contributed by atoms with Gasteiger partial charge in [-0.3, -0.25) is 4.79 Å². The lowest BCUT2D eigenvalue weighted by Gasteiger charge is -2.25. The van der Waals surface area contributed by atoms with Gasteiger partial charge in [0.15, 0.2) is 0 Å². The second-order valence-electron chi connectivity index (χ2n) is 5.02. The maximum Gasteiger partial charge on any atom is 0.324 e. The summed E-state index contributed by atoms with van der Waals surface area (Å²) >= 11 is 0. The second kappa shape index (κ2) is 4.49. The van der Waals surface area contributed by atoms with E-state index < -0.39 is 11.5 Å². The number of rotatable bonds is 3. The molecule has 1 aromatic carbocycles. The van der Waals surface area contributed by atoms with E-state index in [2.05, 4.69) is 23.5 Å². The van der Waals surface area contributed by atoms with Crippen LogP contribution in [0.25, 0.3) is 0 Å². The molecule has 0 spiro atoms. The molecule has 0 saturated carbocycles. The number of hydrogen-bond acceptors (Lipinski definition) is 2. The van der Waals surface area contributed by atoms with Crippen molar-refractivity contribution in [3.8, 4) is 0 Å². The normalized spacial score (nSPS) is 23.9. The summed E-state index contributed by atoms with van der Waals surface area (Å²) in [7, 11) is 0. The lowest BCUT2D eigenvalue weighted by Crippen LogP contribution is -2.49. The lowest BCUT2D eigenvalue weighted by molar-refractivity contribution is -0.144. The first kappa shape index (κ1) is 12.1. The fraction of sp³-hybridized carbons (Fsp3) is 0.500. The van der Waals surface area contributed by atoms with Crippen LogP contribution in [-0.2, 0) is 11.2 Å². The largest absolute Gasteiger partial charge is 0.480 e. The first-order chi connectivity index (χ1) is 8.03. The highest BCUT2D eigenvalue weighted by Crippen LogP contribution is 2.26. The Bertz CT molecular complexity index is 434. The van der Waals surface area contributed by atoms with Gasteiger partial charge in [-0.2, -0.15) is 0 Å². The van der Waals surface area contributed by atoms with Gasteiger partial charge >= 0.3 is 5.97 Å². The minimum Gasteiger partial charge on any atom is -0.480 e. The minimum atomic E-state index is -0.751. The molecule has 2 rings (SSSR count). The maximum atomic E-state index is 11.5. The second-order valence-corrected chi connectivity index (χ2v) is 5.02. The Kier molecular flexibility index (Phi) is 3.20. The summed E-state index contributed by atoms with van der Waals surface area (Å²) in [6.45, 7) is 4.88. The van der Waals surface area contributed by atoms with Gasteiger partial charge in [-0.25, -0.2) is 0 Å². The molecule has 1 aliphatic rings.